The van der Waals surface area contributed by atoms with E-state index in [2.05, 4.69) is 42.4 Å². The molecule has 1 heterocycles. The van der Waals surface area contributed by atoms with Crippen LogP contribution in [0.3, 0.4) is 0 Å². The molecule has 1 N–H and O–H groups in total. The fraction of sp³-hybridized carbons (Fsp3) is 0.667. The van der Waals surface area contributed by atoms with Crippen molar-refractivity contribution in [2.75, 3.05) is 25.0 Å². The maximum atomic E-state index is 3.51. The molecule has 1 aromatic rings. The first-order chi connectivity index (χ1) is 9.78. The Bertz CT molecular complexity index is 455. The van der Waals surface area contributed by atoms with Crippen molar-refractivity contribution in [2.45, 2.75) is 51.5 Å². The number of nitrogens with zero attached hydrogens (tertiary/aromatic N) is 1. The third-order valence-electron chi connectivity index (χ3n) is 5.25. The predicted molar refractivity (Wildman–Crippen MR) is 86.5 cm³/mol. The van der Waals surface area contributed by atoms with E-state index in [0.29, 0.717) is 0 Å². The second-order valence-electron chi connectivity index (χ2n) is 6.60. The van der Waals surface area contributed by atoms with Crippen molar-refractivity contribution >= 4 is 5.69 Å². The molecule has 0 amide bonds. The number of aryl methyl sites for hydroxylation is 2. The molecule has 2 atom stereocenters. The summed E-state index contributed by atoms with van der Waals surface area (Å²) in [5.74, 6) is 0.885. The van der Waals surface area contributed by atoms with Crippen LogP contribution in [0.2, 0.25) is 0 Å². The molecule has 1 aliphatic carbocycles. The zero-order valence-corrected chi connectivity index (χ0v) is 13.0. The van der Waals surface area contributed by atoms with Crippen molar-refractivity contribution in [2.24, 2.45) is 5.92 Å². The number of anilines is 1. The van der Waals surface area contributed by atoms with E-state index >= 15 is 0 Å². The summed E-state index contributed by atoms with van der Waals surface area (Å²) in [5.41, 5.74) is 4.46. The third kappa shape index (κ3) is 2.85. The number of fused-ring (bicyclic) bond motifs is 1. The van der Waals surface area contributed by atoms with Crippen LogP contribution >= 0.6 is 0 Å². The lowest BCUT2D eigenvalue weighted by atomic mass is 9.96. The van der Waals surface area contributed by atoms with Gasteiger partial charge in [0.25, 0.3) is 0 Å². The number of benzene rings is 1. The number of hydrogen-bond acceptors (Lipinski definition) is 2. The summed E-state index contributed by atoms with van der Waals surface area (Å²) in [6, 6.07) is 7.75. The first-order valence-corrected chi connectivity index (χ1v) is 8.29. The molecule has 3 rings (SSSR count). The van der Waals surface area contributed by atoms with Gasteiger partial charge in [-0.15, -0.1) is 0 Å². The lowest BCUT2D eigenvalue weighted by molar-refractivity contribution is 0.399. The van der Waals surface area contributed by atoms with Crippen LogP contribution in [0.1, 0.15) is 43.2 Å². The van der Waals surface area contributed by atoms with E-state index < -0.39 is 0 Å². The first kappa shape index (κ1) is 13.9. The fourth-order valence-electron chi connectivity index (χ4n) is 4.12. The van der Waals surface area contributed by atoms with Gasteiger partial charge in [0.2, 0.25) is 0 Å². The molecule has 110 valence electrons. The molecule has 1 aliphatic heterocycles. The molecule has 1 saturated carbocycles. The highest BCUT2D eigenvalue weighted by Crippen LogP contribution is 2.31. The highest BCUT2D eigenvalue weighted by atomic mass is 15.1. The van der Waals surface area contributed by atoms with Crippen LogP contribution in [-0.2, 0) is 6.42 Å². The van der Waals surface area contributed by atoms with Crippen molar-refractivity contribution in [3.63, 3.8) is 0 Å². The minimum absolute atomic E-state index is 0.761. The predicted octanol–water partition coefficient (Wildman–Crippen LogP) is 3.53. The maximum absolute atomic E-state index is 3.51. The summed E-state index contributed by atoms with van der Waals surface area (Å²) in [7, 11) is 2.13. The number of rotatable bonds is 4. The van der Waals surface area contributed by atoms with Crippen molar-refractivity contribution in [1.29, 1.82) is 0 Å². The van der Waals surface area contributed by atoms with Crippen LogP contribution in [0.25, 0.3) is 0 Å². The Morgan fingerprint density at radius 1 is 1.25 bits per heavy atom. The van der Waals surface area contributed by atoms with Gasteiger partial charge in [0.1, 0.15) is 0 Å². The SMILES string of the molecule is CNC1CCCC1CCN1CCCc2cc(C)ccc21. The molecule has 0 saturated heterocycles. The standard InChI is InChI=1S/C18H28N2/c1-14-8-9-18-16(13-14)6-4-11-20(18)12-10-15-5-3-7-17(15)19-2/h8-9,13,15,17,19H,3-7,10-12H2,1-2H3. The molecule has 0 aromatic heterocycles. The van der Waals surface area contributed by atoms with Gasteiger partial charge in [-0.2, -0.15) is 0 Å². The van der Waals surface area contributed by atoms with E-state index in [9.17, 15) is 0 Å². The van der Waals surface area contributed by atoms with E-state index in [4.69, 9.17) is 0 Å². The van der Waals surface area contributed by atoms with Gasteiger partial charge in [0.15, 0.2) is 0 Å². The Balaban J connectivity index is 1.64. The lowest BCUT2D eigenvalue weighted by Gasteiger charge is -2.33. The van der Waals surface area contributed by atoms with Gasteiger partial charge in [-0.05, 0) is 63.6 Å². The van der Waals surface area contributed by atoms with Crippen molar-refractivity contribution in [3.8, 4) is 0 Å². The van der Waals surface area contributed by atoms with Crippen LogP contribution in [0, 0.1) is 12.8 Å². The van der Waals surface area contributed by atoms with Gasteiger partial charge in [-0.1, -0.05) is 24.1 Å². The largest absolute Gasteiger partial charge is 0.371 e. The molecule has 0 spiro atoms. The summed E-state index contributed by atoms with van der Waals surface area (Å²) >= 11 is 0. The zero-order valence-electron chi connectivity index (χ0n) is 13.0. The van der Waals surface area contributed by atoms with Gasteiger partial charge < -0.3 is 10.2 Å². The Hall–Kier alpha value is -1.02. The van der Waals surface area contributed by atoms with Crippen LogP contribution in [-0.4, -0.2) is 26.2 Å². The molecule has 2 nitrogen and oxygen atoms in total. The number of hydrogen-bond donors (Lipinski definition) is 1. The van der Waals surface area contributed by atoms with Crippen LogP contribution in [0.5, 0.6) is 0 Å². The van der Waals surface area contributed by atoms with E-state index in [0.717, 1.165) is 12.0 Å². The smallest absolute Gasteiger partial charge is 0.0398 e. The third-order valence-corrected chi connectivity index (χ3v) is 5.25. The highest BCUT2D eigenvalue weighted by Gasteiger charge is 2.26. The van der Waals surface area contributed by atoms with E-state index in [-0.39, 0.29) is 0 Å². The molecule has 2 heteroatoms. The van der Waals surface area contributed by atoms with Crippen molar-refractivity contribution in [3.05, 3.63) is 29.3 Å². The zero-order chi connectivity index (χ0) is 13.9. The lowest BCUT2D eigenvalue weighted by Crippen LogP contribution is -2.35. The second-order valence-corrected chi connectivity index (χ2v) is 6.60. The van der Waals surface area contributed by atoms with E-state index in [1.54, 1.807) is 5.56 Å². The average Bonchev–Trinajstić information content (AvgIpc) is 2.92. The van der Waals surface area contributed by atoms with Crippen LogP contribution in [0.15, 0.2) is 18.2 Å². The summed E-state index contributed by atoms with van der Waals surface area (Å²) in [6.07, 6.45) is 8.12. The van der Waals surface area contributed by atoms with Gasteiger partial charge in [0.05, 0.1) is 0 Å². The van der Waals surface area contributed by atoms with E-state index in [1.165, 1.54) is 62.9 Å². The normalized spacial score (nSPS) is 25.8. The van der Waals surface area contributed by atoms with Crippen LogP contribution < -0.4 is 10.2 Å². The van der Waals surface area contributed by atoms with Gasteiger partial charge >= 0.3 is 0 Å². The minimum atomic E-state index is 0.761. The Morgan fingerprint density at radius 3 is 3.00 bits per heavy atom. The minimum Gasteiger partial charge on any atom is -0.371 e. The monoisotopic (exact) mass is 272 g/mol. The fourth-order valence-corrected chi connectivity index (χ4v) is 4.12. The summed E-state index contributed by atoms with van der Waals surface area (Å²) < 4.78 is 0. The quantitative estimate of drug-likeness (QED) is 0.902. The van der Waals surface area contributed by atoms with Crippen molar-refractivity contribution in [1.82, 2.24) is 5.32 Å². The second kappa shape index (κ2) is 6.17. The molecular weight excluding hydrogens is 244 g/mol. The topological polar surface area (TPSA) is 15.3 Å². The first-order valence-electron chi connectivity index (χ1n) is 8.29. The van der Waals surface area contributed by atoms with Crippen molar-refractivity contribution < 1.29 is 0 Å². The number of nitrogens with one attached hydrogen (secondary N) is 1. The highest BCUT2D eigenvalue weighted by molar-refractivity contribution is 5.56. The summed E-state index contributed by atoms with van der Waals surface area (Å²) in [6.45, 7) is 4.68. The maximum Gasteiger partial charge on any atom is 0.0398 e. The molecular formula is C18H28N2. The van der Waals surface area contributed by atoms with Gasteiger partial charge in [0, 0.05) is 24.8 Å². The molecule has 20 heavy (non-hydrogen) atoms. The molecule has 1 aromatic carbocycles. The molecule has 0 radical (unpaired) electrons. The van der Waals surface area contributed by atoms with Gasteiger partial charge in [-0.25, -0.2) is 0 Å². The summed E-state index contributed by atoms with van der Waals surface area (Å²) in [5, 5.41) is 3.51. The Morgan fingerprint density at radius 2 is 2.15 bits per heavy atom. The molecule has 2 unspecified atom stereocenters. The Labute approximate surface area is 123 Å². The van der Waals surface area contributed by atoms with Gasteiger partial charge in [-0.3, -0.25) is 0 Å². The molecule has 1 fully saturated rings. The average molecular weight is 272 g/mol. The molecule has 2 aliphatic rings. The van der Waals surface area contributed by atoms with Crippen LogP contribution in [0.4, 0.5) is 5.69 Å². The summed E-state index contributed by atoms with van der Waals surface area (Å²) in [4.78, 5) is 2.63. The Kier molecular flexibility index (Phi) is 4.30. The molecule has 0 bridgehead atoms. The van der Waals surface area contributed by atoms with E-state index in [1.807, 2.05) is 0 Å².